The molecule has 0 aliphatic carbocycles. The largest absolute Gasteiger partial charge is 0.497 e. The lowest BCUT2D eigenvalue weighted by molar-refractivity contribution is 0.394. The maximum atomic E-state index is 5.80. The highest BCUT2D eigenvalue weighted by Crippen LogP contribution is 2.42. The summed E-state index contributed by atoms with van der Waals surface area (Å²) in [6.07, 6.45) is 8.23. The third kappa shape index (κ3) is 8.66. The summed E-state index contributed by atoms with van der Waals surface area (Å²) < 4.78 is 34.8. The van der Waals surface area contributed by atoms with Gasteiger partial charge in [0, 0.05) is 68.1 Å². The van der Waals surface area contributed by atoms with Crippen molar-refractivity contribution in [2.75, 3.05) is 42.7 Å². The topological polar surface area (TPSA) is 113 Å². The van der Waals surface area contributed by atoms with Gasteiger partial charge in [-0.15, -0.1) is 5.54 Å². The fraction of sp³-hybridized carbons (Fsp3) is 0.164. The molecule has 9 rings (SSSR count). The van der Waals surface area contributed by atoms with Crippen LogP contribution in [0.4, 0.5) is 0 Å². The molecule has 11 heteroatoms. The molecule has 2 aliphatic heterocycles. The van der Waals surface area contributed by atoms with Gasteiger partial charge in [0.2, 0.25) is 0 Å². The van der Waals surface area contributed by atoms with Gasteiger partial charge in [-0.05, 0) is 119 Å². The Kier molecular flexibility index (Phi) is 11.8. The SMILES string of the molecule is COc1cc(OC)cc(-c2c3nc(c(-c4cc(OC)cc(OC)c4)c4ccc([nH]4)c(-c4cc(OC)cc(OC)c4)c4nc(c(-c5ccc(C#C[Si](C)(C)C)cc5)c5ccc2[nH]5)C=C4)C=C3)c1. The number of nitrogens with zero attached hydrogens (tertiary/aromatic N) is 2. The fourth-order valence-corrected chi connectivity index (χ4v) is 8.77. The predicted molar refractivity (Wildman–Crippen MR) is 270 cm³/mol. The number of fused-ring (bicyclic) bond motifs is 8. The van der Waals surface area contributed by atoms with Crippen LogP contribution in [0.2, 0.25) is 19.6 Å². The molecule has 8 bridgehead atoms. The van der Waals surface area contributed by atoms with Gasteiger partial charge in [-0.25, -0.2) is 9.97 Å². The second-order valence-electron chi connectivity index (χ2n) is 16.9. The molecule has 3 aromatic heterocycles. The molecule has 0 saturated heterocycles. The van der Waals surface area contributed by atoms with Crippen LogP contribution >= 0.6 is 0 Å². The summed E-state index contributed by atoms with van der Waals surface area (Å²) in [6.45, 7) is 6.75. The van der Waals surface area contributed by atoms with E-state index in [4.69, 9.17) is 38.4 Å². The maximum absolute atomic E-state index is 5.80. The Bertz CT molecular complexity index is 3210. The summed E-state index contributed by atoms with van der Waals surface area (Å²) in [7, 11) is 8.32. The van der Waals surface area contributed by atoms with Gasteiger partial charge in [-0.1, -0.05) is 37.7 Å². The molecule has 330 valence electrons. The van der Waals surface area contributed by atoms with E-state index in [-0.39, 0.29) is 0 Å². The minimum Gasteiger partial charge on any atom is -0.497 e. The third-order valence-corrected chi connectivity index (χ3v) is 12.3. The lowest BCUT2D eigenvalue weighted by Crippen LogP contribution is -2.16. The van der Waals surface area contributed by atoms with Crippen LogP contribution in [-0.2, 0) is 0 Å². The molecule has 0 unspecified atom stereocenters. The zero-order valence-electron chi connectivity index (χ0n) is 38.5. The Labute approximate surface area is 385 Å². The molecule has 7 aromatic rings. The number of hydrogen-bond acceptors (Lipinski definition) is 8. The van der Waals surface area contributed by atoms with Gasteiger partial charge in [-0.2, -0.15) is 0 Å². The lowest BCUT2D eigenvalue weighted by Gasteiger charge is -2.11. The number of nitrogens with one attached hydrogen (secondary N) is 2. The van der Waals surface area contributed by atoms with Gasteiger partial charge < -0.3 is 38.4 Å². The van der Waals surface area contributed by atoms with Crippen LogP contribution in [-0.4, -0.2) is 70.7 Å². The van der Waals surface area contributed by atoms with E-state index < -0.39 is 8.07 Å². The standard InChI is InChI=1S/C55H50N4O6Si/c1-60-38-24-35(25-39(30-38)61-2)53-46-16-14-44(56-46)52(34-12-10-33(11-13-34)22-23-66(7,8)9)45-15-17-47(57-45)54(36-26-40(62-3)31-41(27-36)63-4)49-19-21-51(59-49)55(50-20-18-48(53)58-50)37-28-42(64-5)32-43(29-37)65-6/h10-21,24-32,56,59H,1-9H3. The number of ether oxygens (including phenoxy) is 6. The number of aromatic amines is 2. The van der Waals surface area contributed by atoms with E-state index in [9.17, 15) is 0 Å². The number of hydrogen-bond donors (Lipinski definition) is 2. The van der Waals surface area contributed by atoms with Crippen molar-refractivity contribution in [3.63, 3.8) is 0 Å². The highest BCUT2D eigenvalue weighted by atomic mass is 28.3. The minimum absolute atomic E-state index is 0.641. The Hall–Kier alpha value is -7.94. The van der Waals surface area contributed by atoms with Crippen LogP contribution in [0.5, 0.6) is 34.5 Å². The monoisotopic (exact) mass is 890 g/mol. The molecule has 0 fully saturated rings. The minimum atomic E-state index is -1.59. The molecule has 0 spiro atoms. The lowest BCUT2D eigenvalue weighted by atomic mass is 10.0. The smallest absolute Gasteiger partial charge is 0.129 e. The van der Waals surface area contributed by atoms with Gasteiger partial charge in [0.1, 0.15) is 42.6 Å². The zero-order chi connectivity index (χ0) is 46.1. The van der Waals surface area contributed by atoms with Crippen molar-refractivity contribution in [2.24, 2.45) is 0 Å². The normalized spacial score (nSPS) is 11.8. The van der Waals surface area contributed by atoms with E-state index in [2.05, 4.69) is 102 Å². The summed E-state index contributed by atoms with van der Waals surface area (Å²) in [5.41, 5.74) is 17.8. The van der Waals surface area contributed by atoms with E-state index in [1.165, 1.54) is 0 Å². The molecular formula is C55H50N4O6Si. The molecule has 4 aromatic carbocycles. The number of H-pyrrole nitrogens is 2. The van der Waals surface area contributed by atoms with E-state index in [0.717, 1.165) is 94.9 Å². The van der Waals surface area contributed by atoms with E-state index in [0.29, 0.717) is 34.5 Å². The molecule has 0 amide bonds. The number of rotatable bonds is 10. The summed E-state index contributed by atoms with van der Waals surface area (Å²) in [5.74, 6) is 7.29. The summed E-state index contributed by atoms with van der Waals surface area (Å²) in [6, 6.07) is 34.3. The van der Waals surface area contributed by atoms with Crippen LogP contribution in [0.1, 0.15) is 28.3 Å². The van der Waals surface area contributed by atoms with Crippen molar-refractivity contribution in [1.82, 2.24) is 19.9 Å². The third-order valence-electron chi connectivity index (χ3n) is 11.4. The summed E-state index contributed by atoms with van der Waals surface area (Å²) in [5, 5.41) is 0. The quantitative estimate of drug-likeness (QED) is 0.103. The first kappa shape index (κ1) is 43.3. The molecule has 2 aliphatic rings. The van der Waals surface area contributed by atoms with Gasteiger partial charge in [0.25, 0.3) is 0 Å². The Morgan fingerprint density at radius 3 is 0.939 bits per heavy atom. The first-order valence-corrected chi connectivity index (χ1v) is 25.0. The average molecular weight is 891 g/mol. The molecule has 2 N–H and O–H groups in total. The van der Waals surface area contributed by atoms with Crippen molar-refractivity contribution in [2.45, 2.75) is 19.6 Å². The molecule has 5 heterocycles. The Morgan fingerprint density at radius 2 is 0.667 bits per heavy atom. The van der Waals surface area contributed by atoms with Crippen LogP contribution < -0.4 is 28.4 Å². The fourth-order valence-electron chi connectivity index (χ4n) is 8.26. The predicted octanol–water partition coefficient (Wildman–Crippen LogP) is 12.6. The van der Waals surface area contributed by atoms with Crippen LogP contribution in [0.15, 0.2) is 103 Å². The molecule has 66 heavy (non-hydrogen) atoms. The Morgan fingerprint density at radius 1 is 0.379 bits per heavy atom. The molecule has 0 saturated carbocycles. The summed E-state index contributed by atoms with van der Waals surface area (Å²) >= 11 is 0. The van der Waals surface area contributed by atoms with Crippen molar-refractivity contribution in [3.05, 3.63) is 131 Å². The molecule has 0 radical (unpaired) electrons. The maximum Gasteiger partial charge on any atom is 0.129 e. The van der Waals surface area contributed by atoms with Gasteiger partial charge in [0.15, 0.2) is 0 Å². The van der Waals surface area contributed by atoms with Crippen molar-refractivity contribution in [3.8, 4) is 90.5 Å². The van der Waals surface area contributed by atoms with E-state index in [1.807, 2.05) is 66.7 Å². The zero-order valence-corrected chi connectivity index (χ0v) is 39.5. The number of benzene rings is 4. The highest BCUT2D eigenvalue weighted by molar-refractivity contribution is 6.83. The van der Waals surface area contributed by atoms with E-state index in [1.54, 1.807) is 42.7 Å². The summed E-state index contributed by atoms with van der Waals surface area (Å²) in [4.78, 5) is 18.6. The van der Waals surface area contributed by atoms with Gasteiger partial charge in [-0.3, -0.25) is 0 Å². The first-order chi connectivity index (χ1) is 32.0. The second-order valence-corrected chi connectivity index (χ2v) is 21.6. The van der Waals surface area contributed by atoms with Gasteiger partial charge >= 0.3 is 0 Å². The average Bonchev–Trinajstić information content (AvgIpc) is 4.19. The molecule has 0 atom stereocenters. The Balaban J connectivity index is 1.46. The first-order valence-electron chi connectivity index (χ1n) is 21.5. The van der Waals surface area contributed by atoms with Crippen molar-refractivity contribution < 1.29 is 28.4 Å². The van der Waals surface area contributed by atoms with Crippen LogP contribution in [0.25, 0.3) is 90.9 Å². The second kappa shape index (κ2) is 17.9. The highest BCUT2D eigenvalue weighted by Gasteiger charge is 2.21. The van der Waals surface area contributed by atoms with Crippen molar-refractivity contribution >= 4 is 54.4 Å². The van der Waals surface area contributed by atoms with Crippen molar-refractivity contribution in [1.29, 1.82) is 0 Å². The van der Waals surface area contributed by atoms with Gasteiger partial charge in [0.05, 0.1) is 65.4 Å². The van der Waals surface area contributed by atoms with E-state index >= 15 is 0 Å². The number of methoxy groups -OCH3 is 6. The van der Waals surface area contributed by atoms with Crippen LogP contribution in [0, 0.1) is 11.5 Å². The molecular weight excluding hydrogens is 841 g/mol. The number of aromatic nitrogens is 4. The van der Waals surface area contributed by atoms with Crippen LogP contribution in [0.3, 0.4) is 0 Å². The molecule has 10 nitrogen and oxygen atoms in total.